The number of rotatable bonds is 8. The third-order valence-electron chi connectivity index (χ3n) is 3.79. The number of nitrogens with one attached hydrogen (secondary N) is 2. The lowest BCUT2D eigenvalue weighted by molar-refractivity contribution is 0.0527. The number of ether oxygens (including phenoxy) is 1. The summed E-state index contributed by atoms with van der Waals surface area (Å²) in [6, 6.07) is 17.3. The molecule has 7 nitrogen and oxygen atoms in total. The molecular formula is C20H21N5O2. The van der Waals surface area contributed by atoms with Gasteiger partial charge in [-0.25, -0.2) is 4.79 Å². The normalized spacial score (nSPS) is 10.3. The fourth-order valence-electron chi connectivity index (χ4n) is 2.52. The van der Waals surface area contributed by atoms with Gasteiger partial charge in [-0.1, -0.05) is 42.5 Å². The molecule has 3 rings (SSSR count). The van der Waals surface area contributed by atoms with Gasteiger partial charge in [0.05, 0.1) is 24.1 Å². The lowest BCUT2D eigenvalue weighted by atomic mass is 10.1. The van der Waals surface area contributed by atoms with Gasteiger partial charge in [0.15, 0.2) is 5.82 Å². The standard InChI is InChI=1S/C20H21N5O2/c1-2-27-19(26)16-10-6-7-11-17(16)23-20-24-18(14-22-25-20)21-13-12-15-8-4-3-5-9-15/h3-11,14H,2,12-13H2,1H3,(H2,21,23,24,25). The smallest absolute Gasteiger partial charge is 0.340 e. The molecule has 0 unspecified atom stereocenters. The highest BCUT2D eigenvalue weighted by molar-refractivity contribution is 5.96. The van der Waals surface area contributed by atoms with E-state index < -0.39 is 5.97 Å². The number of hydrogen-bond donors (Lipinski definition) is 2. The van der Waals surface area contributed by atoms with Crippen molar-refractivity contribution >= 4 is 23.4 Å². The molecule has 0 aliphatic carbocycles. The fourth-order valence-corrected chi connectivity index (χ4v) is 2.52. The van der Waals surface area contributed by atoms with Gasteiger partial charge in [-0.05, 0) is 31.0 Å². The largest absolute Gasteiger partial charge is 0.462 e. The number of aromatic nitrogens is 3. The second-order valence-corrected chi connectivity index (χ2v) is 5.72. The molecule has 0 aliphatic rings. The molecule has 0 spiro atoms. The molecule has 0 aliphatic heterocycles. The summed E-state index contributed by atoms with van der Waals surface area (Å²) in [5.74, 6) is 0.513. The van der Waals surface area contributed by atoms with E-state index >= 15 is 0 Å². The Morgan fingerprint density at radius 2 is 1.85 bits per heavy atom. The molecule has 2 N–H and O–H groups in total. The van der Waals surface area contributed by atoms with E-state index in [0.717, 1.165) is 13.0 Å². The van der Waals surface area contributed by atoms with E-state index in [1.54, 1.807) is 31.3 Å². The molecule has 0 amide bonds. The highest BCUT2D eigenvalue weighted by Crippen LogP contribution is 2.19. The van der Waals surface area contributed by atoms with Crippen molar-refractivity contribution in [1.29, 1.82) is 0 Å². The molecule has 3 aromatic rings. The summed E-state index contributed by atoms with van der Waals surface area (Å²) >= 11 is 0. The molecule has 27 heavy (non-hydrogen) atoms. The Labute approximate surface area is 157 Å². The molecule has 0 saturated carbocycles. The van der Waals surface area contributed by atoms with Crippen LogP contribution in [0.1, 0.15) is 22.8 Å². The van der Waals surface area contributed by atoms with E-state index in [4.69, 9.17) is 4.74 Å². The number of benzene rings is 2. The number of nitrogens with zero attached hydrogens (tertiary/aromatic N) is 3. The maximum atomic E-state index is 12.1. The summed E-state index contributed by atoms with van der Waals surface area (Å²) in [5.41, 5.74) is 2.23. The van der Waals surface area contributed by atoms with Gasteiger partial charge in [0, 0.05) is 6.54 Å². The Morgan fingerprint density at radius 3 is 2.67 bits per heavy atom. The molecule has 1 heterocycles. The quantitative estimate of drug-likeness (QED) is 0.593. The first-order chi connectivity index (χ1) is 13.3. The van der Waals surface area contributed by atoms with Gasteiger partial charge in [0.2, 0.25) is 5.95 Å². The third kappa shape index (κ3) is 5.24. The minimum absolute atomic E-state index is 0.302. The van der Waals surface area contributed by atoms with Gasteiger partial charge in [-0.2, -0.15) is 10.1 Å². The molecule has 0 fully saturated rings. The van der Waals surface area contributed by atoms with Crippen LogP contribution in [0.2, 0.25) is 0 Å². The van der Waals surface area contributed by atoms with Crippen molar-refractivity contribution in [2.45, 2.75) is 13.3 Å². The Balaban J connectivity index is 1.65. The Hall–Kier alpha value is -3.48. The van der Waals surface area contributed by atoms with E-state index in [0.29, 0.717) is 29.6 Å². The summed E-state index contributed by atoms with van der Waals surface area (Å²) in [6.45, 7) is 2.80. The summed E-state index contributed by atoms with van der Waals surface area (Å²) in [4.78, 5) is 16.5. The molecular weight excluding hydrogens is 342 g/mol. The van der Waals surface area contributed by atoms with Crippen LogP contribution < -0.4 is 10.6 Å². The highest BCUT2D eigenvalue weighted by Gasteiger charge is 2.13. The Kier molecular flexibility index (Phi) is 6.30. The van der Waals surface area contributed by atoms with Crippen molar-refractivity contribution in [3.8, 4) is 0 Å². The summed E-state index contributed by atoms with van der Waals surface area (Å²) in [5, 5.41) is 14.2. The Morgan fingerprint density at radius 1 is 1.07 bits per heavy atom. The lowest BCUT2D eigenvalue weighted by Gasteiger charge is -2.11. The zero-order valence-electron chi connectivity index (χ0n) is 15.1. The first-order valence-corrected chi connectivity index (χ1v) is 8.77. The van der Waals surface area contributed by atoms with E-state index in [-0.39, 0.29) is 0 Å². The average Bonchev–Trinajstić information content (AvgIpc) is 2.70. The number of carbonyl (C=O) groups excluding carboxylic acids is 1. The fraction of sp³-hybridized carbons (Fsp3) is 0.200. The predicted molar refractivity (Wildman–Crippen MR) is 104 cm³/mol. The molecule has 1 aromatic heterocycles. The first-order valence-electron chi connectivity index (χ1n) is 8.77. The van der Waals surface area contributed by atoms with Crippen LogP contribution in [-0.4, -0.2) is 34.3 Å². The van der Waals surface area contributed by atoms with Crippen molar-refractivity contribution in [1.82, 2.24) is 15.2 Å². The maximum Gasteiger partial charge on any atom is 0.340 e. The zero-order valence-corrected chi connectivity index (χ0v) is 15.1. The first kappa shape index (κ1) is 18.3. The van der Waals surface area contributed by atoms with E-state index in [1.807, 2.05) is 24.3 Å². The molecule has 0 radical (unpaired) electrons. The molecule has 2 aromatic carbocycles. The molecule has 0 bridgehead atoms. The molecule has 0 saturated heterocycles. The van der Waals surface area contributed by atoms with Gasteiger partial charge in [-0.15, -0.1) is 5.10 Å². The monoisotopic (exact) mass is 363 g/mol. The summed E-state index contributed by atoms with van der Waals surface area (Å²) in [7, 11) is 0. The van der Waals surface area contributed by atoms with Gasteiger partial charge in [0.25, 0.3) is 0 Å². The van der Waals surface area contributed by atoms with Crippen LogP contribution in [0.15, 0.2) is 60.8 Å². The molecule has 0 atom stereocenters. The highest BCUT2D eigenvalue weighted by atomic mass is 16.5. The van der Waals surface area contributed by atoms with Crippen molar-refractivity contribution in [3.05, 3.63) is 71.9 Å². The van der Waals surface area contributed by atoms with Gasteiger partial charge >= 0.3 is 5.97 Å². The van der Waals surface area contributed by atoms with E-state index in [2.05, 4.69) is 37.9 Å². The van der Waals surface area contributed by atoms with Crippen LogP contribution in [0, 0.1) is 0 Å². The minimum Gasteiger partial charge on any atom is -0.462 e. The van der Waals surface area contributed by atoms with Gasteiger partial charge in [0.1, 0.15) is 0 Å². The summed E-state index contributed by atoms with van der Waals surface area (Å²) in [6.07, 6.45) is 2.44. The van der Waals surface area contributed by atoms with Crippen LogP contribution in [0.5, 0.6) is 0 Å². The number of esters is 1. The number of hydrogen-bond acceptors (Lipinski definition) is 7. The SMILES string of the molecule is CCOC(=O)c1ccccc1Nc1nncc(NCCc2ccccc2)n1. The lowest BCUT2D eigenvalue weighted by Crippen LogP contribution is -2.11. The van der Waals surface area contributed by atoms with Crippen LogP contribution in [0.4, 0.5) is 17.5 Å². The second kappa shape index (κ2) is 9.28. The molecule has 7 heteroatoms. The van der Waals surface area contributed by atoms with Crippen LogP contribution in [0.3, 0.4) is 0 Å². The zero-order chi connectivity index (χ0) is 18.9. The number of anilines is 3. The number of para-hydroxylation sites is 1. The van der Waals surface area contributed by atoms with E-state index in [1.165, 1.54) is 5.56 Å². The summed E-state index contributed by atoms with van der Waals surface area (Å²) < 4.78 is 5.08. The van der Waals surface area contributed by atoms with Crippen LogP contribution in [-0.2, 0) is 11.2 Å². The van der Waals surface area contributed by atoms with Crippen LogP contribution in [0.25, 0.3) is 0 Å². The maximum absolute atomic E-state index is 12.1. The number of carbonyl (C=O) groups is 1. The average molecular weight is 363 g/mol. The van der Waals surface area contributed by atoms with Crippen LogP contribution >= 0.6 is 0 Å². The third-order valence-corrected chi connectivity index (χ3v) is 3.79. The minimum atomic E-state index is -0.398. The van der Waals surface area contributed by atoms with E-state index in [9.17, 15) is 4.79 Å². The van der Waals surface area contributed by atoms with Crippen molar-refractivity contribution < 1.29 is 9.53 Å². The van der Waals surface area contributed by atoms with Gasteiger partial charge < -0.3 is 15.4 Å². The second-order valence-electron chi connectivity index (χ2n) is 5.72. The van der Waals surface area contributed by atoms with Crippen molar-refractivity contribution in [2.24, 2.45) is 0 Å². The predicted octanol–water partition coefficient (Wildman–Crippen LogP) is 3.45. The molecule has 138 valence electrons. The van der Waals surface area contributed by atoms with Crippen molar-refractivity contribution in [2.75, 3.05) is 23.8 Å². The van der Waals surface area contributed by atoms with Gasteiger partial charge in [-0.3, -0.25) is 0 Å². The Bertz CT molecular complexity index is 886. The topological polar surface area (TPSA) is 89.0 Å². The van der Waals surface area contributed by atoms with Crippen molar-refractivity contribution in [3.63, 3.8) is 0 Å².